The van der Waals surface area contributed by atoms with E-state index in [9.17, 15) is 14.9 Å². The van der Waals surface area contributed by atoms with E-state index in [-0.39, 0.29) is 16.6 Å². The van der Waals surface area contributed by atoms with Gasteiger partial charge in [0.05, 0.1) is 15.5 Å². The van der Waals surface area contributed by atoms with E-state index in [0.717, 1.165) is 32.4 Å². The van der Waals surface area contributed by atoms with E-state index in [4.69, 9.17) is 11.6 Å². The third-order valence-electron chi connectivity index (χ3n) is 3.87. The highest BCUT2D eigenvalue weighted by molar-refractivity contribution is 6.34. The zero-order chi connectivity index (χ0) is 14.7. The number of hydrogen-bond donors (Lipinski definition) is 0. The highest BCUT2D eigenvalue weighted by Gasteiger charge is 2.24. The van der Waals surface area contributed by atoms with Crippen LogP contribution in [0.15, 0.2) is 18.2 Å². The molecule has 1 amide bonds. The summed E-state index contributed by atoms with van der Waals surface area (Å²) < 4.78 is 0. The molecule has 1 aliphatic rings. The lowest BCUT2D eigenvalue weighted by molar-refractivity contribution is -0.384. The van der Waals surface area contributed by atoms with E-state index in [0.29, 0.717) is 11.5 Å². The smallest absolute Gasteiger partial charge is 0.270 e. The average Bonchev–Trinajstić information content (AvgIpc) is 2.46. The molecule has 108 valence electrons. The molecule has 20 heavy (non-hydrogen) atoms. The minimum absolute atomic E-state index is 0.101. The van der Waals surface area contributed by atoms with E-state index in [1.54, 1.807) is 4.90 Å². The van der Waals surface area contributed by atoms with Crippen molar-refractivity contribution in [3.63, 3.8) is 0 Å². The zero-order valence-corrected chi connectivity index (χ0v) is 12.1. The van der Waals surface area contributed by atoms with Crippen LogP contribution < -0.4 is 0 Å². The van der Waals surface area contributed by atoms with Gasteiger partial charge in [-0.05, 0) is 24.8 Å². The fourth-order valence-corrected chi connectivity index (χ4v) is 2.76. The maximum atomic E-state index is 12.4. The Labute approximate surface area is 122 Å². The van der Waals surface area contributed by atoms with Crippen LogP contribution in [0.2, 0.25) is 5.02 Å². The van der Waals surface area contributed by atoms with Gasteiger partial charge in [0.2, 0.25) is 0 Å². The van der Waals surface area contributed by atoms with Gasteiger partial charge in [-0.3, -0.25) is 14.9 Å². The highest BCUT2D eigenvalue weighted by Crippen LogP contribution is 2.26. The Morgan fingerprint density at radius 1 is 1.45 bits per heavy atom. The van der Waals surface area contributed by atoms with Gasteiger partial charge >= 0.3 is 0 Å². The van der Waals surface area contributed by atoms with E-state index < -0.39 is 4.92 Å². The molecule has 2 rings (SSSR count). The molecule has 0 radical (unpaired) electrons. The predicted molar refractivity (Wildman–Crippen MR) is 77.0 cm³/mol. The molecule has 0 unspecified atom stereocenters. The molecule has 0 aliphatic carbocycles. The van der Waals surface area contributed by atoms with E-state index in [2.05, 4.69) is 6.92 Å². The van der Waals surface area contributed by atoms with Crippen LogP contribution >= 0.6 is 11.6 Å². The number of halogens is 1. The molecule has 0 N–H and O–H groups in total. The van der Waals surface area contributed by atoms with Crippen LogP contribution in [0.5, 0.6) is 0 Å². The lowest BCUT2D eigenvalue weighted by Gasteiger charge is -2.31. The summed E-state index contributed by atoms with van der Waals surface area (Å²) in [6, 6.07) is 3.99. The Hall–Kier alpha value is -1.62. The summed E-state index contributed by atoms with van der Waals surface area (Å²) in [5.41, 5.74) is 0.239. The van der Waals surface area contributed by atoms with Crippen molar-refractivity contribution in [3.8, 4) is 0 Å². The first kappa shape index (κ1) is 14.8. The van der Waals surface area contributed by atoms with Crippen LogP contribution in [0.4, 0.5) is 5.69 Å². The summed E-state index contributed by atoms with van der Waals surface area (Å²) in [5.74, 6) is 0.547. The number of rotatable bonds is 3. The molecule has 6 heteroatoms. The molecule has 1 aromatic rings. The van der Waals surface area contributed by atoms with Gasteiger partial charge in [0.1, 0.15) is 0 Å². The van der Waals surface area contributed by atoms with Gasteiger partial charge in [-0.2, -0.15) is 0 Å². The van der Waals surface area contributed by atoms with Gasteiger partial charge in [-0.15, -0.1) is 0 Å². The van der Waals surface area contributed by atoms with Crippen molar-refractivity contribution in [2.75, 3.05) is 13.1 Å². The van der Waals surface area contributed by atoms with Gasteiger partial charge < -0.3 is 4.90 Å². The summed E-state index contributed by atoms with van der Waals surface area (Å²) in [6.45, 7) is 3.62. The Morgan fingerprint density at radius 2 is 2.10 bits per heavy atom. The number of non-ortho nitro benzene ring substituents is 1. The number of hydrogen-bond acceptors (Lipinski definition) is 3. The summed E-state index contributed by atoms with van der Waals surface area (Å²) in [4.78, 5) is 24.3. The lowest BCUT2D eigenvalue weighted by Crippen LogP contribution is -2.38. The standard InChI is InChI=1S/C14H17ClN2O3/c1-2-10-5-7-16(8-6-10)14(18)12-4-3-11(17(19)20)9-13(12)15/h3-4,9-10H,2,5-8H2,1H3. The Bertz CT molecular complexity index is 525. The number of piperidine rings is 1. The molecule has 1 heterocycles. The fraction of sp³-hybridized carbons (Fsp3) is 0.500. The summed E-state index contributed by atoms with van der Waals surface area (Å²) >= 11 is 5.99. The molecular formula is C14H17ClN2O3. The largest absolute Gasteiger partial charge is 0.339 e. The molecule has 0 bridgehead atoms. The second kappa shape index (κ2) is 6.22. The van der Waals surface area contributed by atoms with Crippen LogP contribution in [0.25, 0.3) is 0 Å². The van der Waals surface area contributed by atoms with Gasteiger partial charge in [-0.25, -0.2) is 0 Å². The van der Waals surface area contributed by atoms with Crippen LogP contribution in [0, 0.1) is 16.0 Å². The second-order valence-corrected chi connectivity index (χ2v) is 5.47. The summed E-state index contributed by atoms with van der Waals surface area (Å²) in [5, 5.41) is 10.8. The normalized spacial score (nSPS) is 16.2. The average molecular weight is 297 g/mol. The number of amides is 1. The van der Waals surface area contributed by atoms with Crippen LogP contribution in [0.1, 0.15) is 36.5 Å². The van der Waals surface area contributed by atoms with Crippen molar-refractivity contribution in [1.82, 2.24) is 4.90 Å². The number of nitrogens with zero attached hydrogens (tertiary/aromatic N) is 2. The minimum atomic E-state index is -0.521. The Kier molecular flexibility index (Phi) is 4.60. The molecule has 0 atom stereocenters. The van der Waals surface area contributed by atoms with Gasteiger partial charge in [-0.1, -0.05) is 24.9 Å². The predicted octanol–water partition coefficient (Wildman–Crippen LogP) is 3.51. The monoisotopic (exact) mass is 296 g/mol. The minimum Gasteiger partial charge on any atom is -0.339 e. The van der Waals surface area contributed by atoms with Crippen LogP contribution in [-0.2, 0) is 0 Å². The van der Waals surface area contributed by atoms with Gasteiger partial charge in [0, 0.05) is 25.2 Å². The van der Waals surface area contributed by atoms with Crippen molar-refractivity contribution in [1.29, 1.82) is 0 Å². The second-order valence-electron chi connectivity index (χ2n) is 5.07. The van der Waals surface area contributed by atoms with E-state index >= 15 is 0 Å². The highest BCUT2D eigenvalue weighted by atomic mass is 35.5. The number of carbonyl (C=O) groups is 1. The number of carbonyl (C=O) groups excluding carboxylic acids is 1. The summed E-state index contributed by atoms with van der Waals surface area (Å²) in [7, 11) is 0. The molecule has 1 saturated heterocycles. The van der Waals surface area contributed by atoms with Crippen LogP contribution in [0.3, 0.4) is 0 Å². The summed E-state index contributed by atoms with van der Waals surface area (Å²) in [6.07, 6.45) is 3.15. The van der Waals surface area contributed by atoms with Crippen molar-refractivity contribution >= 4 is 23.2 Å². The van der Waals surface area contributed by atoms with E-state index in [1.807, 2.05) is 0 Å². The van der Waals surface area contributed by atoms with Crippen molar-refractivity contribution in [2.45, 2.75) is 26.2 Å². The maximum Gasteiger partial charge on any atom is 0.270 e. The van der Waals surface area contributed by atoms with Gasteiger partial charge in [0.15, 0.2) is 0 Å². The molecular weight excluding hydrogens is 280 g/mol. The number of benzene rings is 1. The first-order valence-corrected chi connectivity index (χ1v) is 7.14. The molecule has 1 aliphatic heterocycles. The molecule has 1 fully saturated rings. The fourth-order valence-electron chi connectivity index (χ4n) is 2.51. The number of nitro groups is 1. The van der Waals surface area contributed by atoms with Gasteiger partial charge in [0.25, 0.3) is 11.6 Å². The molecule has 0 spiro atoms. The van der Waals surface area contributed by atoms with Crippen molar-refractivity contribution in [3.05, 3.63) is 38.9 Å². The maximum absolute atomic E-state index is 12.4. The Balaban J connectivity index is 2.12. The number of likely N-dealkylation sites (tertiary alicyclic amines) is 1. The van der Waals surface area contributed by atoms with Crippen molar-refractivity contribution < 1.29 is 9.72 Å². The molecule has 5 nitrogen and oxygen atoms in total. The Morgan fingerprint density at radius 3 is 2.60 bits per heavy atom. The number of nitro benzene ring substituents is 1. The topological polar surface area (TPSA) is 63.5 Å². The lowest BCUT2D eigenvalue weighted by atomic mass is 9.94. The van der Waals surface area contributed by atoms with E-state index in [1.165, 1.54) is 18.2 Å². The third-order valence-corrected chi connectivity index (χ3v) is 4.19. The first-order chi connectivity index (χ1) is 9.52. The molecule has 0 aromatic heterocycles. The van der Waals surface area contributed by atoms with Crippen molar-refractivity contribution in [2.24, 2.45) is 5.92 Å². The molecule has 0 saturated carbocycles. The zero-order valence-electron chi connectivity index (χ0n) is 11.3. The molecule has 1 aromatic carbocycles. The third kappa shape index (κ3) is 3.10. The SMILES string of the molecule is CCC1CCN(C(=O)c2ccc([N+](=O)[O-])cc2Cl)CC1. The quantitative estimate of drug-likeness (QED) is 0.633. The first-order valence-electron chi connectivity index (χ1n) is 6.76. The van der Waals surface area contributed by atoms with Crippen LogP contribution in [-0.4, -0.2) is 28.8 Å².